The summed E-state index contributed by atoms with van der Waals surface area (Å²) in [6.45, 7) is 15.8. The number of anilines is 1. The van der Waals surface area contributed by atoms with Crippen molar-refractivity contribution in [3.05, 3.63) is 41.6 Å². The molecule has 0 amide bonds. The van der Waals surface area contributed by atoms with Crippen molar-refractivity contribution in [3.63, 3.8) is 0 Å². The first-order chi connectivity index (χ1) is 13.0. The lowest BCUT2D eigenvalue weighted by atomic mass is 9.83. The van der Waals surface area contributed by atoms with Crippen molar-refractivity contribution in [2.45, 2.75) is 79.3 Å². The maximum Gasteiger partial charge on any atom is 0.128 e. The van der Waals surface area contributed by atoms with E-state index in [1.165, 1.54) is 18.4 Å². The van der Waals surface area contributed by atoms with E-state index in [-0.39, 0.29) is 18.4 Å². The molecule has 29 heavy (non-hydrogen) atoms. The number of hydrogen-bond acceptors (Lipinski definition) is 4. The topological polar surface area (TPSA) is 48.4 Å². The Bertz CT molecular complexity index is 808. The number of phenolic OH excluding ortho intramolecular Hbond substituents is 1. The van der Waals surface area contributed by atoms with Gasteiger partial charge in [0.25, 0.3) is 0 Å². The molecule has 0 aliphatic carbocycles. The molecule has 1 fully saturated rings. The molecule has 4 nitrogen and oxygen atoms in total. The molecule has 2 heterocycles. The van der Waals surface area contributed by atoms with E-state index in [9.17, 15) is 5.11 Å². The summed E-state index contributed by atoms with van der Waals surface area (Å²) < 4.78 is 0. The van der Waals surface area contributed by atoms with Crippen LogP contribution in [0.5, 0.6) is 5.75 Å². The van der Waals surface area contributed by atoms with Gasteiger partial charge in [-0.1, -0.05) is 34.3 Å². The second-order valence-electron chi connectivity index (χ2n) is 9.98. The largest absolute Gasteiger partial charge is 0.507 e. The summed E-state index contributed by atoms with van der Waals surface area (Å²) in [6.07, 6.45) is 4.38. The van der Waals surface area contributed by atoms with E-state index in [1.807, 2.05) is 6.20 Å². The first-order valence-electron chi connectivity index (χ1n) is 10.4. The average molecular weight is 398 g/mol. The van der Waals surface area contributed by atoms with Crippen LogP contribution in [0, 0.1) is 0 Å². The summed E-state index contributed by atoms with van der Waals surface area (Å²) in [6, 6.07) is 8.41. The zero-order valence-electron chi connectivity index (χ0n) is 18.3. The van der Waals surface area contributed by atoms with Gasteiger partial charge in [0.2, 0.25) is 0 Å². The van der Waals surface area contributed by atoms with E-state index in [4.69, 9.17) is 0 Å². The first kappa shape index (κ1) is 23.2. The number of pyridine rings is 1. The Morgan fingerprint density at radius 2 is 1.69 bits per heavy atom. The van der Waals surface area contributed by atoms with Crippen LogP contribution >= 0.6 is 0 Å². The number of phenols is 1. The quantitative estimate of drug-likeness (QED) is 0.677. The third-order valence-electron chi connectivity index (χ3n) is 5.35. The fourth-order valence-corrected chi connectivity index (χ4v) is 3.52. The standard InChI is InChI=1S/C24H35N3O.CH4/c1-23(2,3)19-13-18(16-26-24(4,5)6)22(28)20(14-19)17-9-10-21(25-15-17)27-11-7-8-12-27;/h9-10,13-15,26,28H,7-8,11-12,16H2,1-6H3;1H4. The van der Waals surface area contributed by atoms with Gasteiger partial charge < -0.3 is 15.3 Å². The maximum absolute atomic E-state index is 11.0. The molecule has 1 aliphatic rings. The fraction of sp³-hybridized carbons (Fsp3) is 0.560. The van der Waals surface area contributed by atoms with Gasteiger partial charge in [-0.2, -0.15) is 0 Å². The summed E-state index contributed by atoms with van der Waals surface area (Å²) in [7, 11) is 0. The molecule has 1 saturated heterocycles. The molecule has 0 spiro atoms. The van der Waals surface area contributed by atoms with Crippen molar-refractivity contribution in [1.29, 1.82) is 0 Å². The minimum absolute atomic E-state index is 0. The number of rotatable bonds is 4. The number of nitrogens with zero attached hydrogens (tertiary/aromatic N) is 2. The molecule has 0 bridgehead atoms. The fourth-order valence-electron chi connectivity index (χ4n) is 3.52. The van der Waals surface area contributed by atoms with Gasteiger partial charge in [0, 0.05) is 48.1 Å². The molecular weight excluding hydrogens is 358 g/mol. The van der Waals surface area contributed by atoms with Gasteiger partial charge in [-0.3, -0.25) is 0 Å². The summed E-state index contributed by atoms with van der Waals surface area (Å²) in [5.74, 6) is 1.38. The van der Waals surface area contributed by atoms with Gasteiger partial charge in [-0.25, -0.2) is 4.98 Å². The number of nitrogens with one attached hydrogen (secondary N) is 1. The highest BCUT2D eigenvalue weighted by molar-refractivity contribution is 5.73. The van der Waals surface area contributed by atoms with E-state index in [2.05, 4.69) is 81.0 Å². The van der Waals surface area contributed by atoms with Gasteiger partial charge in [0.15, 0.2) is 0 Å². The summed E-state index contributed by atoms with van der Waals surface area (Å²) in [5.41, 5.74) is 3.96. The van der Waals surface area contributed by atoms with E-state index in [0.29, 0.717) is 12.3 Å². The van der Waals surface area contributed by atoms with Crippen LogP contribution in [0.15, 0.2) is 30.5 Å². The van der Waals surface area contributed by atoms with Crippen LogP contribution in [0.2, 0.25) is 0 Å². The lowest BCUT2D eigenvalue weighted by Crippen LogP contribution is -2.35. The maximum atomic E-state index is 11.0. The molecule has 0 atom stereocenters. The lowest BCUT2D eigenvalue weighted by Gasteiger charge is -2.25. The SMILES string of the molecule is C.CC(C)(C)NCc1cc(C(C)(C)C)cc(-c2ccc(N3CCCC3)nc2)c1O. The Kier molecular flexibility index (Phi) is 7.00. The highest BCUT2D eigenvalue weighted by atomic mass is 16.3. The van der Waals surface area contributed by atoms with Gasteiger partial charge in [0.05, 0.1) is 0 Å². The van der Waals surface area contributed by atoms with Gasteiger partial charge in [0.1, 0.15) is 11.6 Å². The van der Waals surface area contributed by atoms with E-state index >= 15 is 0 Å². The molecule has 2 N–H and O–H groups in total. The van der Waals surface area contributed by atoms with Crippen molar-refractivity contribution >= 4 is 5.82 Å². The average Bonchev–Trinajstić information content (AvgIpc) is 3.14. The minimum atomic E-state index is -0.0106. The number of hydrogen-bond donors (Lipinski definition) is 2. The Hall–Kier alpha value is -2.07. The Morgan fingerprint density at radius 3 is 2.21 bits per heavy atom. The molecule has 2 aromatic rings. The third-order valence-corrected chi connectivity index (χ3v) is 5.35. The van der Waals surface area contributed by atoms with E-state index < -0.39 is 0 Å². The van der Waals surface area contributed by atoms with Gasteiger partial charge in [-0.15, -0.1) is 0 Å². The normalized spacial score (nSPS) is 14.8. The first-order valence-corrected chi connectivity index (χ1v) is 10.4. The highest BCUT2D eigenvalue weighted by Crippen LogP contribution is 2.37. The Morgan fingerprint density at radius 1 is 1.03 bits per heavy atom. The molecule has 1 aromatic heterocycles. The zero-order valence-corrected chi connectivity index (χ0v) is 18.3. The Balaban J connectivity index is 0.00000300. The van der Waals surface area contributed by atoms with E-state index in [1.54, 1.807) is 0 Å². The van der Waals surface area contributed by atoms with Crippen LogP contribution in [0.1, 0.15) is 72.9 Å². The molecule has 1 aromatic carbocycles. The van der Waals surface area contributed by atoms with E-state index in [0.717, 1.165) is 35.6 Å². The van der Waals surface area contributed by atoms with Crippen molar-refractivity contribution < 1.29 is 5.11 Å². The summed E-state index contributed by atoms with van der Waals surface area (Å²) in [5, 5.41) is 14.5. The molecule has 0 radical (unpaired) electrons. The zero-order chi connectivity index (χ0) is 20.5. The van der Waals surface area contributed by atoms with Crippen LogP contribution in [0.3, 0.4) is 0 Å². The smallest absolute Gasteiger partial charge is 0.128 e. The molecule has 3 rings (SSSR count). The molecule has 4 heteroatoms. The Labute approximate surface area is 177 Å². The molecule has 0 unspecified atom stereocenters. The number of aromatic nitrogens is 1. The third kappa shape index (κ3) is 5.72. The van der Waals surface area contributed by atoms with Crippen molar-refractivity contribution in [2.24, 2.45) is 0 Å². The van der Waals surface area contributed by atoms with Crippen LogP contribution < -0.4 is 10.2 Å². The molecule has 160 valence electrons. The summed E-state index contributed by atoms with van der Waals surface area (Å²) in [4.78, 5) is 7.01. The predicted molar refractivity (Wildman–Crippen MR) is 125 cm³/mol. The minimum Gasteiger partial charge on any atom is -0.507 e. The second kappa shape index (κ2) is 8.74. The second-order valence-corrected chi connectivity index (χ2v) is 9.98. The highest BCUT2D eigenvalue weighted by Gasteiger charge is 2.21. The molecule has 1 aliphatic heterocycles. The van der Waals surface area contributed by atoms with Crippen LogP contribution in [0.4, 0.5) is 5.82 Å². The van der Waals surface area contributed by atoms with Crippen LogP contribution in [-0.4, -0.2) is 28.7 Å². The number of aromatic hydroxyl groups is 1. The van der Waals surface area contributed by atoms with Crippen LogP contribution in [0.25, 0.3) is 11.1 Å². The molecular formula is C25H39N3O. The monoisotopic (exact) mass is 397 g/mol. The van der Waals surface area contributed by atoms with Gasteiger partial charge >= 0.3 is 0 Å². The predicted octanol–water partition coefficient (Wildman–Crippen LogP) is 5.88. The number of benzene rings is 1. The van der Waals surface area contributed by atoms with Crippen molar-refractivity contribution in [3.8, 4) is 16.9 Å². The van der Waals surface area contributed by atoms with Crippen molar-refractivity contribution in [1.82, 2.24) is 10.3 Å². The van der Waals surface area contributed by atoms with Gasteiger partial charge in [-0.05, 0) is 62.8 Å². The molecule has 0 saturated carbocycles. The summed E-state index contributed by atoms with van der Waals surface area (Å²) >= 11 is 0. The van der Waals surface area contributed by atoms with Crippen molar-refractivity contribution in [2.75, 3.05) is 18.0 Å². The van der Waals surface area contributed by atoms with Crippen LogP contribution in [-0.2, 0) is 12.0 Å². The lowest BCUT2D eigenvalue weighted by molar-refractivity contribution is 0.411.